The van der Waals surface area contributed by atoms with E-state index in [2.05, 4.69) is 15.4 Å². The first-order valence-electron chi connectivity index (χ1n) is 6.54. The molecule has 0 heterocycles. The second-order valence-electron chi connectivity index (χ2n) is 4.38. The fourth-order valence-electron chi connectivity index (χ4n) is 1.54. The number of hydrogen-bond donors (Lipinski definition) is 2. The fourth-order valence-corrected chi connectivity index (χ4v) is 1.70. The van der Waals surface area contributed by atoms with E-state index in [0.29, 0.717) is 6.54 Å². The Morgan fingerprint density at radius 3 is 2.64 bits per heavy atom. The van der Waals surface area contributed by atoms with E-state index in [0.717, 1.165) is 12.1 Å². The first-order valence-corrected chi connectivity index (χ1v) is 6.92. The van der Waals surface area contributed by atoms with Crippen LogP contribution >= 0.6 is 11.6 Å². The SMILES string of the molecule is CCNC(=O)[C@@H](C)NC(=O)COC(=O)c1ccc(Cl)cc1F. The molecule has 6 nitrogen and oxygen atoms in total. The molecule has 0 spiro atoms. The lowest BCUT2D eigenvalue weighted by Gasteiger charge is -2.13. The summed E-state index contributed by atoms with van der Waals surface area (Å²) in [7, 11) is 0. The van der Waals surface area contributed by atoms with Crippen molar-refractivity contribution in [2.45, 2.75) is 19.9 Å². The van der Waals surface area contributed by atoms with Crippen LogP contribution in [0.5, 0.6) is 0 Å². The molecule has 8 heteroatoms. The molecule has 1 aromatic rings. The Morgan fingerprint density at radius 1 is 1.36 bits per heavy atom. The van der Waals surface area contributed by atoms with Crippen molar-refractivity contribution in [3.05, 3.63) is 34.6 Å². The standard InChI is InChI=1S/C14H16ClFN2O4/c1-3-17-13(20)8(2)18-12(19)7-22-14(21)10-5-4-9(15)6-11(10)16/h4-6,8H,3,7H2,1-2H3,(H,17,20)(H,18,19)/t8-/m1/s1. The molecule has 22 heavy (non-hydrogen) atoms. The lowest BCUT2D eigenvalue weighted by atomic mass is 10.2. The van der Waals surface area contributed by atoms with E-state index >= 15 is 0 Å². The van der Waals surface area contributed by atoms with E-state index < -0.39 is 30.3 Å². The van der Waals surface area contributed by atoms with Crippen LogP contribution in [0.2, 0.25) is 5.02 Å². The van der Waals surface area contributed by atoms with Crippen molar-refractivity contribution < 1.29 is 23.5 Å². The minimum atomic E-state index is -0.991. The Morgan fingerprint density at radius 2 is 2.05 bits per heavy atom. The second-order valence-corrected chi connectivity index (χ2v) is 4.82. The number of rotatable bonds is 6. The van der Waals surface area contributed by atoms with Crippen LogP contribution in [-0.4, -0.2) is 37.0 Å². The zero-order valence-corrected chi connectivity index (χ0v) is 12.9. The van der Waals surface area contributed by atoms with E-state index in [9.17, 15) is 18.8 Å². The number of halogens is 2. The van der Waals surface area contributed by atoms with E-state index in [1.54, 1.807) is 6.92 Å². The van der Waals surface area contributed by atoms with Crippen LogP contribution in [0.4, 0.5) is 4.39 Å². The maximum absolute atomic E-state index is 13.5. The molecule has 1 aromatic carbocycles. The molecule has 1 atom stereocenters. The van der Waals surface area contributed by atoms with Crippen LogP contribution in [0.25, 0.3) is 0 Å². The number of carbonyl (C=O) groups is 3. The van der Waals surface area contributed by atoms with Crippen molar-refractivity contribution in [2.24, 2.45) is 0 Å². The van der Waals surface area contributed by atoms with Gasteiger partial charge in [0.15, 0.2) is 6.61 Å². The first kappa shape index (κ1) is 17.9. The normalized spacial score (nSPS) is 11.5. The van der Waals surface area contributed by atoms with E-state index in [-0.39, 0.29) is 16.5 Å². The molecule has 0 radical (unpaired) electrons. The highest BCUT2D eigenvalue weighted by Crippen LogP contribution is 2.15. The first-order chi connectivity index (χ1) is 10.3. The summed E-state index contributed by atoms with van der Waals surface area (Å²) in [6, 6.07) is 2.70. The molecule has 2 amide bonds. The zero-order chi connectivity index (χ0) is 16.7. The molecule has 0 aliphatic carbocycles. The summed E-state index contributed by atoms with van der Waals surface area (Å²) in [4.78, 5) is 34.6. The van der Waals surface area contributed by atoms with Crippen molar-refractivity contribution in [1.29, 1.82) is 0 Å². The summed E-state index contributed by atoms with van der Waals surface area (Å²) in [5.74, 6) is -2.85. The van der Waals surface area contributed by atoms with Crippen LogP contribution in [-0.2, 0) is 14.3 Å². The molecular weight excluding hydrogens is 315 g/mol. The molecule has 0 aromatic heterocycles. The van der Waals surface area contributed by atoms with Gasteiger partial charge in [0.2, 0.25) is 5.91 Å². The van der Waals surface area contributed by atoms with E-state index in [1.807, 2.05) is 0 Å². The Bertz CT molecular complexity index is 580. The van der Waals surface area contributed by atoms with Crippen molar-refractivity contribution in [2.75, 3.05) is 13.2 Å². The van der Waals surface area contributed by atoms with Crippen LogP contribution in [0, 0.1) is 5.82 Å². The molecule has 0 aliphatic rings. The van der Waals surface area contributed by atoms with Crippen molar-refractivity contribution in [3.8, 4) is 0 Å². The molecule has 0 unspecified atom stereocenters. The Kier molecular flexibility index (Phi) is 6.78. The van der Waals surface area contributed by atoms with Crippen LogP contribution < -0.4 is 10.6 Å². The summed E-state index contributed by atoms with van der Waals surface area (Å²) in [6.07, 6.45) is 0. The van der Waals surface area contributed by atoms with Gasteiger partial charge in [-0.15, -0.1) is 0 Å². The van der Waals surface area contributed by atoms with Gasteiger partial charge in [-0.3, -0.25) is 9.59 Å². The van der Waals surface area contributed by atoms with Crippen molar-refractivity contribution in [1.82, 2.24) is 10.6 Å². The van der Waals surface area contributed by atoms with Gasteiger partial charge in [-0.2, -0.15) is 0 Å². The summed E-state index contributed by atoms with van der Waals surface area (Å²) >= 11 is 5.57. The van der Waals surface area contributed by atoms with Crippen LogP contribution in [0.1, 0.15) is 24.2 Å². The second kappa shape index (κ2) is 8.33. The number of esters is 1. The van der Waals surface area contributed by atoms with Gasteiger partial charge in [0.1, 0.15) is 11.9 Å². The number of nitrogens with one attached hydrogen (secondary N) is 2. The minimum absolute atomic E-state index is 0.141. The van der Waals surface area contributed by atoms with E-state index in [4.69, 9.17) is 11.6 Å². The number of ether oxygens (including phenoxy) is 1. The van der Waals surface area contributed by atoms with Crippen LogP contribution in [0.15, 0.2) is 18.2 Å². The van der Waals surface area contributed by atoms with Gasteiger partial charge in [0, 0.05) is 11.6 Å². The van der Waals surface area contributed by atoms with Gasteiger partial charge in [0.05, 0.1) is 5.56 Å². The van der Waals surface area contributed by atoms with Gasteiger partial charge >= 0.3 is 5.97 Å². The quantitative estimate of drug-likeness (QED) is 0.769. The van der Waals surface area contributed by atoms with Gasteiger partial charge in [-0.25, -0.2) is 9.18 Å². The fraction of sp³-hybridized carbons (Fsp3) is 0.357. The summed E-state index contributed by atoms with van der Waals surface area (Å²) in [6.45, 7) is 3.05. The highest BCUT2D eigenvalue weighted by atomic mass is 35.5. The lowest BCUT2D eigenvalue weighted by Crippen LogP contribution is -2.46. The highest BCUT2D eigenvalue weighted by Gasteiger charge is 2.18. The van der Waals surface area contributed by atoms with E-state index in [1.165, 1.54) is 13.0 Å². The topological polar surface area (TPSA) is 84.5 Å². The van der Waals surface area contributed by atoms with Gasteiger partial charge in [-0.05, 0) is 32.0 Å². The summed E-state index contributed by atoms with van der Waals surface area (Å²) in [5, 5.41) is 5.02. The zero-order valence-electron chi connectivity index (χ0n) is 12.1. The predicted molar refractivity (Wildman–Crippen MR) is 78.0 cm³/mol. The molecule has 0 aliphatic heterocycles. The highest BCUT2D eigenvalue weighted by molar-refractivity contribution is 6.30. The largest absolute Gasteiger partial charge is 0.452 e. The summed E-state index contributed by atoms with van der Waals surface area (Å²) in [5.41, 5.74) is -0.325. The third kappa shape index (κ3) is 5.33. The monoisotopic (exact) mass is 330 g/mol. The van der Waals surface area contributed by atoms with Crippen LogP contribution in [0.3, 0.4) is 0 Å². The maximum Gasteiger partial charge on any atom is 0.341 e. The molecule has 0 saturated heterocycles. The molecular formula is C14H16ClFN2O4. The molecule has 0 saturated carbocycles. The number of carbonyl (C=O) groups excluding carboxylic acids is 3. The number of hydrogen-bond acceptors (Lipinski definition) is 4. The lowest BCUT2D eigenvalue weighted by molar-refractivity contribution is -0.130. The number of likely N-dealkylation sites (N-methyl/N-ethyl adjacent to an activating group) is 1. The average molecular weight is 331 g/mol. The molecule has 120 valence electrons. The maximum atomic E-state index is 13.5. The molecule has 0 bridgehead atoms. The third-order valence-corrected chi connectivity index (χ3v) is 2.84. The Hall–Kier alpha value is -2.15. The Labute approximate surface area is 132 Å². The van der Waals surface area contributed by atoms with Gasteiger partial charge in [-0.1, -0.05) is 11.6 Å². The number of benzene rings is 1. The molecule has 1 rings (SSSR count). The average Bonchev–Trinajstić information content (AvgIpc) is 2.45. The van der Waals surface area contributed by atoms with Crippen molar-refractivity contribution in [3.63, 3.8) is 0 Å². The summed E-state index contributed by atoms with van der Waals surface area (Å²) < 4.78 is 18.2. The smallest absolute Gasteiger partial charge is 0.341 e. The Balaban J connectivity index is 2.50. The van der Waals surface area contributed by atoms with Crippen molar-refractivity contribution >= 4 is 29.4 Å². The molecule has 0 fully saturated rings. The third-order valence-electron chi connectivity index (χ3n) is 2.61. The molecule has 2 N–H and O–H groups in total. The number of amides is 2. The van der Waals surface area contributed by atoms with Gasteiger partial charge < -0.3 is 15.4 Å². The van der Waals surface area contributed by atoms with Gasteiger partial charge in [0.25, 0.3) is 5.91 Å². The predicted octanol–water partition coefficient (Wildman–Crippen LogP) is 1.28. The minimum Gasteiger partial charge on any atom is -0.452 e.